The van der Waals surface area contributed by atoms with Gasteiger partial charge in [0.05, 0.1) is 15.6 Å². The number of hydrogen-bond acceptors (Lipinski definition) is 6. The van der Waals surface area contributed by atoms with Crippen LogP contribution in [0.25, 0.3) is 16.3 Å². The zero-order chi connectivity index (χ0) is 22.4. The van der Waals surface area contributed by atoms with Crippen molar-refractivity contribution in [1.29, 1.82) is 0 Å². The molecular weight excluding hydrogens is 433 g/mol. The standard InChI is InChI=1S/C22H26FN3S2.CO2/c1-14(2)27-21-20(16-8-5-4-6-9-16)24-22(28-21)26-13-19(15(3)25-26)17-10-7-11-18(23)12-17;2-1-3/h7,10-14,16H,4-6,8-9H2,1-3H3;. The van der Waals surface area contributed by atoms with E-state index in [1.54, 1.807) is 23.5 Å². The van der Waals surface area contributed by atoms with E-state index in [9.17, 15) is 4.39 Å². The van der Waals surface area contributed by atoms with Crippen molar-refractivity contribution in [1.82, 2.24) is 14.8 Å². The lowest BCUT2D eigenvalue weighted by atomic mass is 9.87. The summed E-state index contributed by atoms with van der Waals surface area (Å²) in [6.45, 7) is 6.43. The van der Waals surface area contributed by atoms with Gasteiger partial charge in [-0.15, -0.1) is 11.8 Å². The molecule has 3 aromatic rings. The van der Waals surface area contributed by atoms with Crippen LogP contribution < -0.4 is 0 Å². The van der Waals surface area contributed by atoms with Crippen LogP contribution in [0.1, 0.15) is 63.3 Å². The van der Waals surface area contributed by atoms with Crippen LogP contribution in [0.3, 0.4) is 0 Å². The van der Waals surface area contributed by atoms with Crippen molar-refractivity contribution < 1.29 is 14.0 Å². The zero-order valence-corrected chi connectivity index (χ0v) is 19.6. The van der Waals surface area contributed by atoms with E-state index in [0.717, 1.165) is 22.0 Å². The minimum atomic E-state index is -0.228. The van der Waals surface area contributed by atoms with Crippen molar-refractivity contribution in [2.45, 2.75) is 68.3 Å². The number of carbonyl (C=O) groups excluding carboxylic acids is 2. The Morgan fingerprint density at radius 1 is 1.23 bits per heavy atom. The Morgan fingerprint density at radius 2 is 1.94 bits per heavy atom. The number of halogens is 1. The van der Waals surface area contributed by atoms with Gasteiger partial charge in [0, 0.05) is 22.9 Å². The number of aryl methyl sites for hydroxylation is 1. The number of benzene rings is 1. The number of aromatic nitrogens is 3. The number of rotatable bonds is 5. The van der Waals surface area contributed by atoms with E-state index in [4.69, 9.17) is 19.7 Å². The topological polar surface area (TPSA) is 64.8 Å². The Labute approximate surface area is 190 Å². The molecule has 0 spiro atoms. The second-order valence-electron chi connectivity index (χ2n) is 7.84. The lowest BCUT2D eigenvalue weighted by molar-refractivity contribution is -0.191. The first kappa shape index (κ1) is 23.4. The fraction of sp³-hybridized carbons (Fsp3) is 0.435. The number of hydrogen-bond donors (Lipinski definition) is 0. The van der Waals surface area contributed by atoms with Gasteiger partial charge in [-0.3, -0.25) is 0 Å². The first-order valence-electron chi connectivity index (χ1n) is 10.4. The van der Waals surface area contributed by atoms with Crippen LogP contribution in [0.2, 0.25) is 0 Å². The van der Waals surface area contributed by atoms with Crippen LogP contribution in [0, 0.1) is 12.7 Å². The maximum absolute atomic E-state index is 13.7. The second-order valence-corrected chi connectivity index (χ2v) is 10.7. The maximum Gasteiger partial charge on any atom is 0.373 e. The van der Waals surface area contributed by atoms with Gasteiger partial charge in [-0.2, -0.15) is 14.7 Å². The molecule has 4 rings (SSSR count). The Hall–Kier alpha value is -2.28. The van der Waals surface area contributed by atoms with E-state index < -0.39 is 0 Å². The van der Waals surface area contributed by atoms with Gasteiger partial charge >= 0.3 is 6.15 Å². The summed E-state index contributed by atoms with van der Waals surface area (Å²) in [6.07, 6.45) is 8.65. The summed E-state index contributed by atoms with van der Waals surface area (Å²) < 4.78 is 16.9. The molecule has 0 unspecified atom stereocenters. The summed E-state index contributed by atoms with van der Waals surface area (Å²) in [5.74, 6) is 0.341. The molecule has 0 bridgehead atoms. The molecule has 0 N–H and O–H groups in total. The average Bonchev–Trinajstić information content (AvgIpc) is 3.32. The fourth-order valence-corrected chi connectivity index (χ4v) is 6.40. The Bertz CT molecular complexity index is 1050. The lowest BCUT2D eigenvalue weighted by Gasteiger charge is -2.21. The first-order valence-corrected chi connectivity index (χ1v) is 12.1. The van der Waals surface area contributed by atoms with Crippen LogP contribution in [-0.2, 0) is 9.59 Å². The molecule has 1 saturated carbocycles. The van der Waals surface area contributed by atoms with E-state index >= 15 is 0 Å². The second kappa shape index (κ2) is 10.8. The molecule has 0 amide bonds. The highest BCUT2D eigenvalue weighted by atomic mass is 32.2. The van der Waals surface area contributed by atoms with Crippen LogP contribution in [0.15, 0.2) is 34.7 Å². The monoisotopic (exact) mass is 459 g/mol. The Balaban J connectivity index is 0.000000858. The highest BCUT2D eigenvalue weighted by Gasteiger charge is 2.24. The zero-order valence-electron chi connectivity index (χ0n) is 17.9. The van der Waals surface area contributed by atoms with Crippen molar-refractivity contribution in [3.63, 3.8) is 0 Å². The van der Waals surface area contributed by atoms with Gasteiger partial charge in [-0.1, -0.05) is 56.6 Å². The maximum atomic E-state index is 13.7. The number of thiazole rings is 1. The van der Waals surface area contributed by atoms with Gasteiger partial charge in [-0.25, -0.2) is 14.1 Å². The van der Waals surface area contributed by atoms with E-state index in [-0.39, 0.29) is 12.0 Å². The largest absolute Gasteiger partial charge is 0.373 e. The molecule has 5 nitrogen and oxygen atoms in total. The molecule has 31 heavy (non-hydrogen) atoms. The normalized spacial score (nSPS) is 14.2. The molecule has 2 aromatic heterocycles. The third-order valence-corrected chi connectivity index (χ3v) is 7.46. The molecule has 1 aliphatic carbocycles. The fourth-order valence-electron chi connectivity index (χ4n) is 3.83. The molecule has 0 aliphatic heterocycles. The molecule has 1 aliphatic rings. The predicted molar refractivity (Wildman–Crippen MR) is 121 cm³/mol. The molecular formula is C23H26FN3O2S2. The highest BCUT2D eigenvalue weighted by molar-refractivity contribution is 8.01. The van der Waals surface area contributed by atoms with Crippen LogP contribution in [0.5, 0.6) is 0 Å². The highest BCUT2D eigenvalue weighted by Crippen LogP contribution is 2.42. The third-order valence-electron chi connectivity index (χ3n) is 5.17. The predicted octanol–water partition coefficient (Wildman–Crippen LogP) is 6.41. The number of thioether (sulfide) groups is 1. The van der Waals surface area contributed by atoms with E-state index in [0.29, 0.717) is 11.2 Å². The summed E-state index contributed by atoms with van der Waals surface area (Å²) in [5.41, 5.74) is 3.95. The summed E-state index contributed by atoms with van der Waals surface area (Å²) in [7, 11) is 0. The van der Waals surface area contributed by atoms with Crippen LogP contribution in [0.4, 0.5) is 4.39 Å². The third kappa shape index (κ3) is 5.91. The van der Waals surface area contributed by atoms with Crippen molar-refractivity contribution in [3.8, 4) is 16.3 Å². The van der Waals surface area contributed by atoms with Gasteiger partial charge in [0.25, 0.3) is 0 Å². The Kier molecular flexibility index (Phi) is 8.18. The van der Waals surface area contributed by atoms with E-state index in [1.807, 2.05) is 35.6 Å². The van der Waals surface area contributed by atoms with Crippen LogP contribution >= 0.6 is 23.1 Å². The quantitative estimate of drug-likeness (QED) is 0.413. The van der Waals surface area contributed by atoms with Crippen molar-refractivity contribution >= 4 is 29.3 Å². The van der Waals surface area contributed by atoms with E-state index in [2.05, 4.69) is 13.8 Å². The van der Waals surface area contributed by atoms with Crippen molar-refractivity contribution in [3.05, 3.63) is 47.7 Å². The first-order chi connectivity index (χ1) is 14.9. The average molecular weight is 460 g/mol. The van der Waals surface area contributed by atoms with Crippen LogP contribution in [-0.4, -0.2) is 26.2 Å². The molecule has 1 fully saturated rings. The summed E-state index contributed by atoms with van der Waals surface area (Å²) in [6, 6.07) is 6.69. The SMILES string of the molecule is Cc1nn(-c2nc(C3CCCCC3)c(SC(C)C)s2)cc1-c1cccc(F)c1.O=C=O. The van der Waals surface area contributed by atoms with E-state index in [1.165, 1.54) is 48.1 Å². The van der Waals surface area contributed by atoms with Gasteiger partial charge in [0.2, 0.25) is 5.13 Å². The smallest absolute Gasteiger partial charge is 0.222 e. The summed E-state index contributed by atoms with van der Waals surface area (Å²) in [4.78, 5) is 21.3. The van der Waals surface area contributed by atoms with Gasteiger partial charge in [0.1, 0.15) is 5.82 Å². The minimum absolute atomic E-state index is 0.228. The van der Waals surface area contributed by atoms with Crippen molar-refractivity contribution in [2.24, 2.45) is 0 Å². The van der Waals surface area contributed by atoms with Crippen molar-refractivity contribution in [2.75, 3.05) is 0 Å². The van der Waals surface area contributed by atoms with Gasteiger partial charge in [-0.05, 0) is 37.5 Å². The molecule has 0 atom stereocenters. The molecule has 0 radical (unpaired) electrons. The molecule has 164 valence electrons. The minimum Gasteiger partial charge on any atom is -0.222 e. The Morgan fingerprint density at radius 3 is 2.58 bits per heavy atom. The lowest BCUT2D eigenvalue weighted by Crippen LogP contribution is -2.06. The van der Waals surface area contributed by atoms with Gasteiger partial charge < -0.3 is 0 Å². The molecule has 8 heteroatoms. The summed E-state index contributed by atoms with van der Waals surface area (Å²) >= 11 is 3.64. The molecule has 2 heterocycles. The molecule has 0 saturated heterocycles. The summed E-state index contributed by atoms with van der Waals surface area (Å²) in [5, 5.41) is 6.14. The molecule has 1 aromatic carbocycles. The van der Waals surface area contributed by atoms with Gasteiger partial charge in [0.15, 0.2) is 0 Å². The number of nitrogens with zero attached hydrogens (tertiary/aromatic N) is 3.